The van der Waals surface area contributed by atoms with Gasteiger partial charge in [-0.2, -0.15) is 8.62 Å². The summed E-state index contributed by atoms with van der Waals surface area (Å²) in [4.78, 5) is 47.0. The van der Waals surface area contributed by atoms with Gasteiger partial charge in [-0.3, -0.25) is 9.32 Å². The van der Waals surface area contributed by atoms with Crippen LogP contribution in [0.4, 0.5) is 5.69 Å². The highest BCUT2D eigenvalue weighted by molar-refractivity contribution is 7.66. The largest absolute Gasteiger partial charge is 0.490 e. The molecule has 0 aromatic heterocycles. The topological polar surface area (TPSA) is 201 Å². The molecule has 13 nitrogen and oxygen atoms in total. The number of carbonyl (C=O) groups excluding carboxylic acids is 1. The second-order valence-electron chi connectivity index (χ2n) is 4.48. The van der Waals surface area contributed by atoms with E-state index in [1.807, 2.05) is 0 Å². The first-order chi connectivity index (χ1) is 11.9. The lowest BCUT2D eigenvalue weighted by Crippen LogP contribution is -2.27. The number of carbonyl (C=O) groups is 1. The normalized spacial score (nSPS) is 16.3. The fourth-order valence-corrected chi connectivity index (χ4v) is 4.64. The Bertz CT molecular complexity index is 779. The van der Waals surface area contributed by atoms with Gasteiger partial charge in [0.2, 0.25) is 0 Å². The van der Waals surface area contributed by atoms with Crippen LogP contribution in [0, 0.1) is 0 Å². The van der Waals surface area contributed by atoms with Crippen LogP contribution in [0.5, 0.6) is 0 Å². The van der Waals surface area contributed by atoms with E-state index < -0.39 is 36.0 Å². The van der Waals surface area contributed by atoms with E-state index in [9.17, 15) is 23.4 Å². The maximum Gasteiger partial charge on any atom is 0.490 e. The van der Waals surface area contributed by atoms with Gasteiger partial charge in [-0.05, 0) is 12.1 Å². The van der Waals surface area contributed by atoms with Crippen molar-refractivity contribution in [2.45, 2.75) is 0 Å². The smallest absolute Gasteiger partial charge is 0.387 e. The molecule has 2 atom stereocenters. The number of amides is 1. The Labute approximate surface area is 147 Å². The van der Waals surface area contributed by atoms with Gasteiger partial charge in [-0.25, -0.2) is 13.7 Å². The van der Waals surface area contributed by atoms with Gasteiger partial charge in [-0.1, -0.05) is 12.1 Å². The number of phosphoric ester groups is 1. The number of benzene rings is 1. The molecular weight excluding hydrogens is 417 g/mol. The number of para-hydroxylation sites is 1. The molecule has 0 aliphatic carbocycles. The first-order valence-electron chi connectivity index (χ1n) is 6.68. The third-order valence-corrected chi connectivity index (χ3v) is 6.34. The van der Waals surface area contributed by atoms with E-state index in [4.69, 9.17) is 14.7 Å². The SMILES string of the molecule is CNc1ccccc1C(=O)NCCOP(=O)(O)OP(=O)(O)OP(=O)(O)O. The maximum atomic E-state index is 12.0. The zero-order chi connectivity index (χ0) is 20.0. The molecule has 0 aliphatic heterocycles. The van der Waals surface area contributed by atoms with Gasteiger partial charge in [0.25, 0.3) is 5.91 Å². The standard InChI is InChI=1S/C10H17N2O11P3/c1-11-9-5-3-2-4-8(9)10(13)12-6-7-21-25(17,18)23-26(19,20)22-24(14,15)16/h2-5,11H,6-7H2,1H3,(H,12,13)(H,17,18)(H,19,20)(H2,14,15,16). The Kier molecular flexibility index (Phi) is 8.12. The molecule has 0 bridgehead atoms. The van der Waals surface area contributed by atoms with Crippen molar-refractivity contribution in [3.63, 3.8) is 0 Å². The van der Waals surface area contributed by atoms with Crippen molar-refractivity contribution < 1.29 is 51.2 Å². The van der Waals surface area contributed by atoms with Crippen molar-refractivity contribution in [2.75, 3.05) is 25.5 Å². The Balaban J connectivity index is 2.51. The molecular formula is C10H17N2O11P3. The Morgan fingerprint density at radius 2 is 1.65 bits per heavy atom. The van der Waals surface area contributed by atoms with Crippen LogP contribution >= 0.6 is 23.5 Å². The van der Waals surface area contributed by atoms with Gasteiger partial charge < -0.3 is 30.2 Å². The van der Waals surface area contributed by atoms with Crippen LogP contribution in [0.1, 0.15) is 10.4 Å². The fourth-order valence-electron chi connectivity index (χ4n) is 1.62. The molecule has 1 aromatic carbocycles. The van der Waals surface area contributed by atoms with Crippen molar-refractivity contribution >= 4 is 35.1 Å². The van der Waals surface area contributed by atoms with Crippen molar-refractivity contribution in [2.24, 2.45) is 0 Å². The van der Waals surface area contributed by atoms with E-state index in [-0.39, 0.29) is 6.54 Å². The lowest BCUT2D eigenvalue weighted by atomic mass is 10.1. The third-order valence-electron chi connectivity index (χ3n) is 2.50. The van der Waals surface area contributed by atoms with E-state index in [0.29, 0.717) is 11.3 Å². The molecule has 0 aliphatic rings. The molecule has 148 valence electrons. The summed E-state index contributed by atoms with van der Waals surface area (Å²) >= 11 is 0. The molecule has 6 N–H and O–H groups in total. The van der Waals surface area contributed by atoms with E-state index >= 15 is 0 Å². The van der Waals surface area contributed by atoms with Crippen LogP contribution in [0.3, 0.4) is 0 Å². The average Bonchev–Trinajstić information content (AvgIpc) is 2.47. The monoisotopic (exact) mass is 434 g/mol. The highest BCUT2D eigenvalue weighted by Crippen LogP contribution is 2.66. The van der Waals surface area contributed by atoms with Gasteiger partial charge in [0, 0.05) is 19.3 Å². The second kappa shape index (κ2) is 9.20. The molecule has 26 heavy (non-hydrogen) atoms. The lowest BCUT2D eigenvalue weighted by Gasteiger charge is -2.16. The third kappa shape index (κ3) is 8.52. The number of rotatable bonds is 10. The zero-order valence-electron chi connectivity index (χ0n) is 13.2. The number of nitrogens with one attached hydrogen (secondary N) is 2. The zero-order valence-corrected chi connectivity index (χ0v) is 15.9. The summed E-state index contributed by atoms with van der Waals surface area (Å²) in [6.45, 7) is -0.892. The molecule has 0 fully saturated rings. The summed E-state index contributed by atoms with van der Waals surface area (Å²) in [5.74, 6) is -0.523. The van der Waals surface area contributed by atoms with Crippen molar-refractivity contribution in [3.8, 4) is 0 Å². The highest BCUT2D eigenvalue weighted by atomic mass is 31.3. The molecule has 1 rings (SSSR count). The predicted molar refractivity (Wildman–Crippen MR) is 88.1 cm³/mol. The van der Waals surface area contributed by atoms with Crippen molar-refractivity contribution in [1.29, 1.82) is 0 Å². The Morgan fingerprint density at radius 3 is 2.23 bits per heavy atom. The summed E-state index contributed by atoms with van der Waals surface area (Å²) in [5.41, 5.74) is 0.839. The molecule has 1 aromatic rings. The highest BCUT2D eigenvalue weighted by Gasteiger charge is 2.40. The Hall–Kier alpha value is -1.10. The van der Waals surface area contributed by atoms with Gasteiger partial charge >= 0.3 is 23.5 Å². The van der Waals surface area contributed by atoms with Crippen LogP contribution in [0.25, 0.3) is 0 Å². The van der Waals surface area contributed by atoms with Crippen LogP contribution < -0.4 is 10.6 Å². The maximum absolute atomic E-state index is 12.0. The van der Waals surface area contributed by atoms with Crippen molar-refractivity contribution in [1.82, 2.24) is 5.32 Å². The number of phosphoric acid groups is 3. The molecule has 0 heterocycles. The van der Waals surface area contributed by atoms with Crippen LogP contribution in [0.15, 0.2) is 24.3 Å². The summed E-state index contributed by atoms with van der Waals surface area (Å²) in [5, 5.41) is 5.17. The molecule has 0 saturated heterocycles. The van der Waals surface area contributed by atoms with Gasteiger partial charge in [0.1, 0.15) is 0 Å². The van der Waals surface area contributed by atoms with E-state index in [2.05, 4.69) is 23.8 Å². The summed E-state index contributed by atoms with van der Waals surface area (Å²) < 4.78 is 44.4. The van der Waals surface area contributed by atoms with Crippen molar-refractivity contribution in [3.05, 3.63) is 29.8 Å². The lowest BCUT2D eigenvalue weighted by molar-refractivity contribution is 0.0940. The minimum absolute atomic E-state index is 0.278. The minimum Gasteiger partial charge on any atom is -0.387 e. The summed E-state index contributed by atoms with van der Waals surface area (Å²) in [7, 11) is -14.6. The minimum atomic E-state index is -5.56. The Morgan fingerprint density at radius 1 is 1.04 bits per heavy atom. The molecule has 0 spiro atoms. The molecule has 1 amide bonds. The molecule has 16 heteroatoms. The molecule has 0 radical (unpaired) electrons. The van der Waals surface area contributed by atoms with E-state index in [1.165, 1.54) is 6.07 Å². The first kappa shape index (κ1) is 22.9. The van der Waals surface area contributed by atoms with Gasteiger partial charge in [0.15, 0.2) is 0 Å². The fraction of sp³-hybridized carbons (Fsp3) is 0.300. The van der Waals surface area contributed by atoms with Gasteiger partial charge in [-0.15, -0.1) is 0 Å². The summed E-state index contributed by atoms with van der Waals surface area (Å²) in [6, 6.07) is 6.52. The van der Waals surface area contributed by atoms with Crippen LogP contribution in [-0.2, 0) is 26.8 Å². The summed E-state index contributed by atoms with van der Waals surface area (Å²) in [6.07, 6.45) is 0. The first-order valence-corrected chi connectivity index (χ1v) is 11.2. The average molecular weight is 434 g/mol. The predicted octanol–water partition coefficient (Wildman–Crippen LogP) is 0.801. The second-order valence-corrected chi connectivity index (χ2v) is 8.90. The van der Waals surface area contributed by atoms with Gasteiger partial charge in [0.05, 0.1) is 12.2 Å². The number of anilines is 1. The van der Waals surface area contributed by atoms with E-state index in [1.54, 1.807) is 25.2 Å². The molecule has 0 saturated carbocycles. The number of hydrogen-bond acceptors (Lipinski definition) is 8. The quantitative estimate of drug-likeness (QED) is 0.224. The van der Waals surface area contributed by atoms with E-state index in [0.717, 1.165) is 0 Å². The van der Waals surface area contributed by atoms with Crippen LogP contribution in [0.2, 0.25) is 0 Å². The molecule has 2 unspecified atom stereocenters. The number of hydrogen-bond donors (Lipinski definition) is 6. The van der Waals surface area contributed by atoms with Crippen LogP contribution in [-0.4, -0.2) is 45.7 Å².